The first-order valence-electron chi connectivity index (χ1n) is 6.19. The average molecular weight is 336 g/mol. The van der Waals surface area contributed by atoms with Gasteiger partial charge < -0.3 is 5.32 Å². The first kappa shape index (κ1) is 21.7. The molecule has 0 aliphatic carbocycles. The van der Waals surface area contributed by atoms with Crippen LogP contribution in [0.5, 0.6) is 0 Å². The number of sulfonamides is 1. The second-order valence-electron chi connectivity index (χ2n) is 5.81. The summed E-state index contributed by atoms with van der Waals surface area (Å²) >= 11 is 0. The van der Waals surface area contributed by atoms with E-state index in [4.69, 9.17) is 0 Å². The molecule has 2 N–H and O–H groups in total. The minimum atomic E-state index is -3.13. The molecule has 1 fully saturated rings. The predicted molar refractivity (Wildman–Crippen MR) is 85.1 cm³/mol. The minimum Gasteiger partial charge on any atom is -0.314 e. The molecule has 1 aliphatic rings. The lowest BCUT2D eigenvalue weighted by Gasteiger charge is -2.27. The average Bonchev–Trinajstić information content (AvgIpc) is 2.15. The Morgan fingerprint density at radius 1 is 1.16 bits per heavy atom. The van der Waals surface area contributed by atoms with Gasteiger partial charge in [-0.3, -0.25) is 4.90 Å². The summed E-state index contributed by atoms with van der Waals surface area (Å²) in [5, 5.41) is 3.27. The highest BCUT2D eigenvalue weighted by molar-refractivity contribution is 7.89. The third-order valence-electron chi connectivity index (χ3n) is 2.58. The van der Waals surface area contributed by atoms with Gasteiger partial charge in [0.25, 0.3) is 0 Å². The second kappa shape index (κ2) is 9.37. The lowest BCUT2D eigenvalue weighted by atomic mass is 10.0. The third kappa shape index (κ3) is 10.8. The molecular formula is C11H27Cl2N3O2S. The largest absolute Gasteiger partial charge is 0.314 e. The van der Waals surface area contributed by atoms with Crippen LogP contribution in [0.25, 0.3) is 0 Å². The molecule has 0 atom stereocenters. The first-order valence-corrected chi connectivity index (χ1v) is 7.84. The fourth-order valence-corrected chi connectivity index (χ4v) is 3.56. The molecule has 0 aromatic rings. The van der Waals surface area contributed by atoms with Crippen molar-refractivity contribution in [3.63, 3.8) is 0 Å². The molecular weight excluding hydrogens is 309 g/mol. The molecule has 0 saturated carbocycles. The lowest BCUT2D eigenvalue weighted by molar-refractivity contribution is 0.245. The van der Waals surface area contributed by atoms with Crippen molar-refractivity contribution in [2.75, 3.05) is 45.0 Å². The highest BCUT2D eigenvalue weighted by Gasteiger charge is 2.21. The fraction of sp³-hybridized carbons (Fsp3) is 1.00. The number of hydrogen-bond acceptors (Lipinski definition) is 4. The summed E-state index contributed by atoms with van der Waals surface area (Å²) in [4.78, 5) is 2.27. The van der Waals surface area contributed by atoms with Gasteiger partial charge >= 0.3 is 0 Å². The number of hydrogen-bond donors (Lipinski definition) is 2. The minimum absolute atomic E-state index is 0. The summed E-state index contributed by atoms with van der Waals surface area (Å²) in [6.07, 6.45) is 0. The van der Waals surface area contributed by atoms with E-state index in [1.807, 2.05) is 20.8 Å². The summed E-state index contributed by atoms with van der Waals surface area (Å²) in [5.41, 5.74) is -0.194. The Labute approximate surface area is 129 Å². The number of halogens is 2. The van der Waals surface area contributed by atoms with Crippen molar-refractivity contribution in [1.82, 2.24) is 14.9 Å². The Balaban J connectivity index is 0. The summed E-state index contributed by atoms with van der Waals surface area (Å²) in [5.74, 6) is 0.182. The normalized spacial score (nSPS) is 17.4. The molecule has 0 spiro atoms. The molecule has 0 unspecified atom stereocenters. The van der Waals surface area contributed by atoms with Crippen LogP contribution in [0.15, 0.2) is 0 Å². The van der Waals surface area contributed by atoms with Gasteiger partial charge in [-0.1, -0.05) is 20.8 Å². The van der Waals surface area contributed by atoms with Crippen LogP contribution in [0.1, 0.15) is 20.8 Å². The van der Waals surface area contributed by atoms with Gasteiger partial charge in [0.15, 0.2) is 0 Å². The van der Waals surface area contributed by atoms with E-state index in [-0.39, 0.29) is 36.0 Å². The van der Waals surface area contributed by atoms with E-state index in [1.165, 1.54) is 0 Å². The van der Waals surface area contributed by atoms with E-state index in [0.29, 0.717) is 6.54 Å². The van der Waals surface area contributed by atoms with Gasteiger partial charge in [0, 0.05) is 39.3 Å². The van der Waals surface area contributed by atoms with Crippen LogP contribution in [0.3, 0.4) is 0 Å². The number of nitrogens with zero attached hydrogens (tertiary/aromatic N) is 1. The molecule has 1 rings (SSSR count). The molecule has 0 aromatic carbocycles. The van der Waals surface area contributed by atoms with E-state index < -0.39 is 10.0 Å². The van der Waals surface area contributed by atoms with E-state index in [1.54, 1.807) is 0 Å². The molecule has 0 amide bonds. The maximum atomic E-state index is 11.7. The number of rotatable bonds is 5. The molecule has 1 aliphatic heterocycles. The molecule has 0 radical (unpaired) electrons. The summed E-state index contributed by atoms with van der Waals surface area (Å²) < 4.78 is 26.2. The zero-order valence-electron chi connectivity index (χ0n) is 11.9. The topological polar surface area (TPSA) is 61.4 Å². The van der Waals surface area contributed by atoms with Crippen LogP contribution in [0.2, 0.25) is 0 Å². The Morgan fingerprint density at radius 3 is 2.16 bits per heavy atom. The van der Waals surface area contributed by atoms with Crippen LogP contribution in [-0.4, -0.2) is 58.3 Å². The standard InChI is InChI=1S/C11H25N3O2S.2ClH/c1-11(2,3)10-17(15,16)13-6-9-14-7-4-12-5-8-14;;/h12-13H,4-10H2,1-3H3;2*1H. The van der Waals surface area contributed by atoms with Gasteiger partial charge in [-0.15, -0.1) is 24.8 Å². The number of nitrogens with one attached hydrogen (secondary N) is 2. The maximum Gasteiger partial charge on any atom is 0.212 e. The van der Waals surface area contributed by atoms with Crippen molar-refractivity contribution in [2.45, 2.75) is 20.8 Å². The van der Waals surface area contributed by atoms with Crippen LogP contribution in [-0.2, 0) is 10.0 Å². The summed E-state index contributed by atoms with van der Waals surface area (Å²) in [7, 11) is -3.13. The van der Waals surface area contributed by atoms with Gasteiger partial charge in [-0.2, -0.15) is 0 Å². The molecule has 8 heteroatoms. The van der Waals surface area contributed by atoms with Crippen molar-refractivity contribution in [3.8, 4) is 0 Å². The molecule has 0 aromatic heterocycles. The van der Waals surface area contributed by atoms with E-state index in [0.717, 1.165) is 32.7 Å². The van der Waals surface area contributed by atoms with Crippen LogP contribution in [0.4, 0.5) is 0 Å². The highest BCUT2D eigenvalue weighted by atomic mass is 35.5. The predicted octanol–water partition coefficient (Wildman–Crippen LogP) is 0.701. The number of piperazine rings is 1. The smallest absolute Gasteiger partial charge is 0.212 e. The van der Waals surface area contributed by atoms with Gasteiger partial charge in [0.2, 0.25) is 10.0 Å². The molecule has 19 heavy (non-hydrogen) atoms. The molecule has 1 saturated heterocycles. The summed E-state index contributed by atoms with van der Waals surface area (Å²) in [6, 6.07) is 0. The Kier molecular flexibility index (Phi) is 10.7. The van der Waals surface area contributed by atoms with Gasteiger partial charge in [-0.25, -0.2) is 13.1 Å². The Bertz CT molecular complexity index is 325. The molecule has 0 bridgehead atoms. The first-order chi connectivity index (χ1) is 7.79. The van der Waals surface area contributed by atoms with Gasteiger partial charge in [0.1, 0.15) is 0 Å². The van der Waals surface area contributed by atoms with Crippen molar-refractivity contribution in [1.29, 1.82) is 0 Å². The summed E-state index contributed by atoms with van der Waals surface area (Å²) in [6.45, 7) is 11.1. The maximum absolute atomic E-state index is 11.7. The van der Waals surface area contributed by atoms with Crippen LogP contribution in [0, 0.1) is 5.41 Å². The Hall–Kier alpha value is 0.410. The van der Waals surface area contributed by atoms with Crippen LogP contribution >= 0.6 is 24.8 Å². The third-order valence-corrected chi connectivity index (χ3v) is 4.47. The van der Waals surface area contributed by atoms with Crippen molar-refractivity contribution < 1.29 is 8.42 Å². The van der Waals surface area contributed by atoms with Crippen molar-refractivity contribution in [2.24, 2.45) is 5.41 Å². The van der Waals surface area contributed by atoms with E-state index in [2.05, 4.69) is 14.9 Å². The fourth-order valence-electron chi connectivity index (χ4n) is 1.92. The quantitative estimate of drug-likeness (QED) is 0.776. The Morgan fingerprint density at radius 2 is 1.68 bits per heavy atom. The molecule has 1 heterocycles. The second-order valence-corrected chi connectivity index (χ2v) is 7.61. The van der Waals surface area contributed by atoms with Crippen LogP contribution < -0.4 is 10.0 Å². The van der Waals surface area contributed by atoms with Gasteiger partial charge in [-0.05, 0) is 5.41 Å². The van der Waals surface area contributed by atoms with Crippen molar-refractivity contribution >= 4 is 34.8 Å². The lowest BCUT2D eigenvalue weighted by Crippen LogP contribution is -2.46. The zero-order valence-corrected chi connectivity index (χ0v) is 14.4. The van der Waals surface area contributed by atoms with Crippen molar-refractivity contribution in [3.05, 3.63) is 0 Å². The van der Waals surface area contributed by atoms with Gasteiger partial charge in [0.05, 0.1) is 5.75 Å². The SMILES string of the molecule is CC(C)(C)CS(=O)(=O)NCCN1CCNCC1.Cl.Cl. The van der Waals surface area contributed by atoms with E-state index in [9.17, 15) is 8.42 Å². The molecule has 5 nitrogen and oxygen atoms in total. The monoisotopic (exact) mass is 335 g/mol. The zero-order chi connectivity index (χ0) is 12.9. The highest BCUT2D eigenvalue weighted by Crippen LogP contribution is 2.14. The molecule has 118 valence electrons. The van der Waals surface area contributed by atoms with E-state index >= 15 is 0 Å².